The summed E-state index contributed by atoms with van der Waals surface area (Å²) < 4.78 is 26.5. The zero-order chi connectivity index (χ0) is 17.1. The highest BCUT2D eigenvalue weighted by molar-refractivity contribution is 9.11. The van der Waals surface area contributed by atoms with Crippen LogP contribution in [0.25, 0.3) is 11.1 Å². The monoisotopic (exact) mass is 413 g/mol. The fourth-order valence-electron chi connectivity index (χ4n) is 1.95. The predicted octanol–water partition coefficient (Wildman–Crippen LogP) is 3.49. The summed E-state index contributed by atoms with van der Waals surface area (Å²) in [6, 6.07) is 3.16. The van der Waals surface area contributed by atoms with Crippen LogP contribution in [0.15, 0.2) is 40.8 Å². The first-order chi connectivity index (χ1) is 11.5. The maximum atomic E-state index is 12.6. The third kappa shape index (κ3) is 3.82. The molecular formula is C14H10BrF2N5OS. The van der Waals surface area contributed by atoms with Crippen molar-refractivity contribution in [3.63, 3.8) is 0 Å². The number of rotatable bonds is 5. The number of pyridine rings is 1. The second-order valence-corrected chi connectivity index (χ2v) is 7.07. The fraction of sp³-hybridized carbons (Fsp3) is 0.143. The minimum atomic E-state index is -2.71. The van der Waals surface area contributed by atoms with Crippen molar-refractivity contribution in [3.8, 4) is 11.1 Å². The Bertz CT molecular complexity index is 866. The summed E-state index contributed by atoms with van der Waals surface area (Å²) in [5, 5.41) is 6.32. The maximum Gasteiger partial charge on any atom is 0.333 e. The average molecular weight is 414 g/mol. The van der Waals surface area contributed by atoms with Gasteiger partial charge in [-0.3, -0.25) is 9.78 Å². The summed E-state index contributed by atoms with van der Waals surface area (Å²) in [6.45, 7) is -2.38. The molecule has 0 aliphatic heterocycles. The molecule has 3 heterocycles. The fourth-order valence-corrected chi connectivity index (χ4v) is 3.25. The molecule has 24 heavy (non-hydrogen) atoms. The Morgan fingerprint density at radius 2 is 2.17 bits per heavy atom. The minimum Gasteiger partial charge on any atom is -0.346 e. The lowest BCUT2D eigenvalue weighted by Crippen LogP contribution is -2.23. The zero-order valence-electron chi connectivity index (χ0n) is 12.0. The van der Waals surface area contributed by atoms with Crippen LogP contribution in [0.2, 0.25) is 0 Å². The molecule has 0 aliphatic carbocycles. The third-order valence-electron chi connectivity index (χ3n) is 3.08. The zero-order valence-corrected chi connectivity index (χ0v) is 14.4. The molecule has 0 saturated heterocycles. The number of nitrogens with zero attached hydrogens (tertiary/aromatic N) is 4. The molecule has 10 heteroatoms. The molecule has 6 nitrogen and oxygen atoms in total. The van der Waals surface area contributed by atoms with Gasteiger partial charge in [-0.15, -0.1) is 11.3 Å². The van der Waals surface area contributed by atoms with Crippen molar-refractivity contribution < 1.29 is 13.6 Å². The normalized spacial score (nSPS) is 11.0. The lowest BCUT2D eigenvalue weighted by molar-refractivity contribution is 0.0566. The van der Waals surface area contributed by atoms with Crippen LogP contribution in [0.4, 0.5) is 8.78 Å². The summed E-state index contributed by atoms with van der Waals surface area (Å²) >= 11 is 4.67. The Balaban J connectivity index is 1.73. The number of alkyl halides is 2. The van der Waals surface area contributed by atoms with Crippen LogP contribution in [0.5, 0.6) is 0 Å². The van der Waals surface area contributed by atoms with Gasteiger partial charge in [-0.25, -0.2) is 9.67 Å². The van der Waals surface area contributed by atoms with Crippen molar-refractivity contribution in [2.75, 3.05) is 0 Å². The smallest absolute Gasteiger partial charge is 0.333 e. The van der Waals surface area contributed by atoms with Crippen LogP contribution >= 0.6 is 27.3 Å². The molecule has 1 N–H and O–H groups in total. The highest BCUT2D eigenvalue weighted by Crippen LogP contribution is 2.21. The predicted molar refractivity (Wildman–Crippen MR) is 87.7 cm³/mol. The van der Waals surface area contributed by atoms with Gasteiger partial charge in [0, 0.05) is 29.0 Å². The van der Waals surface area contributed by atoms with Crippen molar-refractivity contribution in [2.24, 2.45) is 0 Å². The van der Waals surface area contributed by atoms with E-state index in [0.717, 1.165) is 8.79 Å². The SMILES string of the molecule is O=C(NCc1cnc(Br)s1)c1cc(-c2cnn(C(F)F)c2)ccn1. The van der Waals surface area contributed by atoms with Crippen LogP contribution in [0.1, 0.15) is 21.9 Å². The highest BCUT2D eigenvalue weighted by Gasteiger charge is 2.12. The second kappa shape index (κ2) is 7.14. The summed E-state index contributed by atoms with van der Waals surface area (Å²) in [5.41, 5.74) is 1.27. The largest absolute Gasteiger partial charge is 0.346 e. The number of nitrogens with one attached hydrogen (secondary N) is 1. The minimum absolute atomic E-state index is 0.195. The molecule has 0 atom stereocenters. The Hall–Kier alpha value is -2.20. The molecule has 1 amide bonds. The van der Waals surface area contributed by atoms with Gasteiger partial charge in [-0.2, -0.15) is 13.9 Å². The summed E-state index contributed by atoms with van der Waals surface area (Å²) in [7, 11) is 0. The maximum absolute atomic E-state index is 12.6. The van der Waals surface area contributed by atoms with Crippen molar-refractivity contribution in [2.45, 2.75) is 13.1 Å². The molecule has 0 fully saturated rings. The summed E-state index contributed by atoms with van der Waals surface area (Å²) in [6.07, 6.45) is 5.65. The van der Waals surface area contributed by atoms with Gasteiger partial charge in [0.15, 0.2) is 3.92 Å². The number of hydrogen-bond donors (Lipinski definition) is 1. The molecule has 0 aromatic carbocycles. The van der Waals surface area contributed by atoms with E-state index in [1.807, 2.05) is 0 Å². The molecule has 0 radical (unpaired) electrons. The lowest BCUT2D eigenvalue weighted by atomic mass is 10.1. The molecular weight excluding hydrogens is 404 g/mol. The van der Waals surface area contributed by atoms with Gasteiger partial charge in [0.1, 0.15) is 5.69 Å². The first-order valence-corrected chi connectivity index (χ1v) is 8.31. The Morgan fingerprint density at radius 3 is 2.83 bits per heavy atom. The van der Waals surface area contributed by atoms with Crippen molar-refractivity contribution >= 4 is 33.2 Å². The topological polar surface area (TPSA) is 72.7 Å². The average Bonchev–Trinajstić information content (AvgIpc) is 3.22. The number of aromatic nitrogens is 4. The number of hydrogen-bond acceptors (Lipinski definition) is 5. The Kier molecular flexibility index (Phi) is 4.95. The number of amides is 1. The Labute approximate surface area is 147 Å². The molecule has 3 aromatic heterocycles. The van der Waals surface area contributed by atoms with Gasteiger partial charge in [-0.1, -0.05) is 0 Å². The molecule has 3 aromatic rings. The van der Waals surface area contributed by atoms with E-state index in [1.54, 1.807) is 12.3 Å². The first kappa shape index (κ1) is 16.7. The molecule has 0 unspecified atom stereocenters. The quantitative estimate of drug-likeness (QED) is 0.694. The molecule has 3 rings (SSSR count). The van der Waals surface area contributed by atoms with E-state index in [4.69, 9.17) is 0 Å². The number of carbonyl (C=O) groups is 1. The summed E-state index contributed by atoms with van der Waals surface area (Å²) in [5.74, 6) is -0.359. The van der Waals surface area contributed by atoms with E-state index in [0.29, 0.717) is 22.4 Å². The number of carbonyl (C=O) groups excluding carboxylic acids is 1. The van der Waals surface area contributed by atoms with E-state index < -0.39 is 6.55 Å². The van der Waals surface area contributed by atoms with Crippen molar-refractivity contribution in [3.05, 3.63) is 51.4 Å². The lowest BCUT2D eigenvalue weighted by Gasteiger charge is -2.04. The van der Waals surface area contributed by atoms with Crippen LogP contribution in [-0.2, 0) is 6.54 Å². The highest BCUT2D eigenvalue weighted by atomic mass is 79.9. The van der Waals surface area contributed by atoms with Gasteiger partial charge < -0.3 is 5.32 Å². The van der Waals surface area contributed by atoms with Gasteiger partial charge in [0.2, 0.25) is 0 Å². The molecule has 0 spiro atoms. The van der Waals surface area contributed by atoms with Crippen molar-refractivity contribution in [1.82, 2.24) is 25.1 Å². The van der Waals surface area contributed by atoms with E-state index in [-0.39, 0.29) is 11.6 Å². The standard InChI is InChI=1S/C14H10BrF2N5OS/c15-13-20-6-10(24-13)5-19-12(23)11-3-8(1-2-18-11)9-4-21-22(7-9)14(16)17/h1-4,6-7,14H,5H2,(H,19,23). The Morgan fingerprint density at radius 1 is 1.33 bits per heavy atom. The van der Waals surface area contributed by atoms with Gasteiger partial charge >= 0.3 is 6.55 Å². The van der Waals surface area contributed by atoms with Crippen LogP contribution < -0.4 is 5.32 Å². The first-order valence-electron chi connectivity index (χ1n) is 6.70. The number of halogens is 3. The molecule has 124 valence electrons. The van der Waals surface area contributed by atoms with E-state index in [1.165, 1.54) is 36.0 Å². The second-order valence-electron chi connectivity index (χ2n) is 4.68. The van der Waals surface area contributed by atoms with E-state index >= 15 is 0 Å². The van der Waals surface area contributed by atoms with Gasteiger partial charge in [0.05, 0.1) is 12.7 Å². The molecule has 0 bridgehead atoms. The van der Waals surface area contributed by atoms with Crippen molar-refractivity contribution in [1.29, 1.82) is 0 Å². The molecule has 0 saturated carbocycles. The van der Waals surface area contributed by atoms with E-state index in [2.05, 4.69) is 36.3 Å². The van der Waals surface area contributed by atoms with Crippen LogP contribution in [-0.4, -0.2) is 25.7 Å². The van der Waals surface area contributed by atoms with E-state index in [9.17, 15) is 13.6 Å². The van der Waals surface area contributed by atoms with Crippen LogP contribution in [0, 0.1) is 0 Å². The number of thiazole rings is 1. The third-order valence-corrected chi connectivity index (χ3v) is 4.55. The van der Waals surface area contributed by atoms with Gasteiger partial charge in [-0.05, 0) is 33.6 Å². The van der Waals surface area contributed by atoms with Crippen LogP contribution in [0.3, 0.4) is 0 Å². The molecule has 0 aliphatic rings. The summed E-state index contributed by atoms with van der Waals surface area (Å²) in [4.78, 5) is 21.1. The van der Waals surface area contributed by atoms with Gasteiger partial charge in [0.25, 0.3) is 5.91 Å².